The van der Waals surface area contributed by atoms with Crippen molar-refractivity contribution < 1.29 is 18.0 Å². The van der Waals surface area contributed by atoms with Crippen molar-refractivity contribution in [3.63, 3.8) is 0 Å². The van der Waals surface area contributed by atoms with Gasteiger partial charge in [-0.15, -0.1) is 0 Å². The third kappa shape index (κ3) is 3.08. The minimum absolute atomic E-state index is 0.0433. The molecule has 0 unspecified atom stereocenters. The predicted molar refractivity (Wildman–Crippen MR) is 100.0 cm³/mol. The molecule has 0 fully saturated rings. The Kier molecular flexibility index (Phi) is 4.19. The van der Waals surface area contributed by atoms with E-state index in [0.717, 1.165) is 17.6 Å². The van der Waals surface area contributed by atoms with Gasteiger partial charge in [0.15, 0.2) is 28.2 Å². The lowest BCUT2D eigenvalue weighted by Crippen LogP contribution is -2.10. The van der Waals surface area contributed by atoms with E-state index in [1.807, 2.05) is 32.3 Å². The molecule has 0 saturated carbocycles. The fraction of sp³-hybridized carbons (Fsp3) is 0.263. The van der Waals surface area contributed by atoms with Crippen LogP contribution in [0.25, 0.3) is 22.2 Å². The topological polar surface area (TPSA) is 67.8 Å². The van der Waals surface area contributed by atoms with Crippen molar-refractivity contribution in [3.05, 3.63) is 41.7 Å². The molecule has 0 radical (unpaired) electrons. The van der Waals surface area contributed by atoms with Crippen molar-refractivity contribution in [3.8, 4) is 5.75 Å². The molecule has 0 amide bonds. The summed E-state index contributed by atoms with van der Waals surface area (Å²) in [6, 6.07) is 9.24. The van der Waals surface area contributed by atoms with Gasteiger partial charge in [-0.2, -0.15) is 9.97 Å². The number of ether oxygens (including phenoxy) is 1. The van der Waals surface area contributed by atoms with Crippen LogP contribution in [0.4, 0.5) is 16.4 Å². The van der Waals surface area contributed by atoms with Crippen molar-refractivity contribution >= 4 is 34.2 Å². The van der Waals surface area contributed by atoms with Gasteiger partial charge in [0.1, 0.15) is 5.52 Å². The smallest absolute Gasteiger partial charge is 0.306 e. The summed E-state index contributed by atoms with van der Waals surface area (Å²) in [6.45, 7) is 0.810. The number of methoxy groups -OCH3 is 1. The monoisotopic (exact) mass is 370 g/mol. The van der Waals surface area contributed by atoms with Gasteiger partial charge in [-0.25, -0.2) is 4.39 Å². The zero-order chi connectivity index (χ0) is 19.1. The molecule has 0 spiro atoms. The largest absolute Gasteiger partial charge is 0.491 e. The van der Waals surface area contributed by atoms with Gasteiger partial charge in [0.2, 0.25) is 0 Å². The average molecular weight is 370 g/mol. The van der Waals surface area contributed by atoms with Crippen LogP contribution < -0.4 is 9.64 Å². The molecule has 0 bridgehead atoms. The number of nitrogens with zero attached hydrogens (tertiary/aromatic N) is 4. The SMILES string of the molecule is COc1c(F)ccc2oc(N(C)c3nc4cc(CN(C)C)ccc4o3)nc12. The summed E-state index contributed by atoms with van der Waals surface area (Å²) < 4.78 is 30.5. The van der Waals surface area contributed by atoms with E-state index in [1.165, 1.54) is 19.2 Å². The van der Waals surface area contributed by atoms with E-state index >= 15 is 0 Å². The van der Waals surface area contributed by atoms with Crippen LogP contribution in [-0.2, 0) is 6.54 Å². The highest BCUT2D eigenvalue weighted by atomic mass is 19.1. The predicted octanol–water partition coefficient (Wildman–Crippen LogP) is 3.95. The first-order valence-electron chi connectivity index (χ1n) is 8.37. The Labute approximate surface area is 155 Å². The maximum Gasteiger partial charge on any atom is 0.306 e. The van der Waals surface area contributed by atoms with E-state index in [4.69, 9.17) is 13.6 Å². The van der Waals surface area contributed by atoms with E-state index in [-0.39, 0.29) is 11.8 Å². The van der Waals surface area contributed by atoms with Crippen LogP contribution in [0.3, 0.4) is 0 Å². The number of halogens is 1. The molecule has 0 atom stereocenters. The van der Waals surface area contributed by atoms with Gasteiger partial charge in [-0.05, 0) is 43.9 Å². The van der Waals surface area contributed by atoms with Gasteiger partial charge >= 0.3 is 12.0 Å². The second-order valence-electron chi connectivity index (χ2n) is 6.52. The molecule has 0 aliphatic carbocycles. The maximum absolute atomic E-state index is 13.9. The number of aromatic nitrogens is 2. The Bertz CT molecular complexity index is 1120. The molecule has 7 nitrogen and oxygen atoms in total. The number of hydrogen-bond donors (Lipinski definition) is 0. The van der Waals surface area contributed by atoms with Crippen LogP contribution in [0.2, 0.25) is 0 Å². The molecule has 2 aromatic heterocycles. The first kappa shape index (κ1) is 17.3. The van der Waals surface area contributed by atoms with Gasteiger partial charge in [0.25, 0.3) is 0 Å². The summed E-state index contributed by atoms with van der Waals surface area (Å²) in [4.78, 5) is 12.5. The Balaban J connectivity index is 1.71. The van der Waals surface area contributed by atoms with Crippen LogP contribution in [-0.4, -0.2) is 43.1 Å². The quantitative estimate of drug-likeness (QED) is 0.527. The Morgan fingerprint density at radius 1 is 1.00 bits per heavy atom. The summed E-state index contributed by atoms with van der Waals surface area (Å²) in [7, 11) is 7.13. The Morgan fingerprint density at radius 2 is 1.70 bits per heavy atom. The van der Waals surface area contributed by atoms with E-state index in [9.17, 15) is 4.39 Å². The van der Waals surface area contributed by atoms with E-state index in [0.29, 0.717) is 22.7 Å². The van der Waals surface area contributed by atoms with Crippen LogP contribution in [0.1, 0.15) is 5.56 Å². The number of benzene rings is 2. The van der Waals surface area contributed by atoms with Gasteiger partial charge in [0.05, 0.1) is 7.11 Å². The summed E-state index contributed by atoms with van der Waals surface area (Å²) >= 11 is 0. The van der Waals surface area contributed by atoms with Gasteiger partial charge < -0.3 is 18.5 Å². The molecule has 140 valence electrons. The highest BCUT2D eigenvalue weighted by Crippen LogP contribution is 2.34. The van der Waals surface area contributed by atoms with Crippen molar-refractivity contribution in [2.75, 3.05) is 33.2 Å². The summed E-state index contributed by atoms with van der Waals surface area (Å²) in [6.07, 6.45) is 0. The fourth-order valence-electron chi connectivity index (χ4n) is 2.92. The van der Waals surface area contributed by atoms with Crippen molar-refractivity contribution in [2.45, 2.75) is 6.54 Å². The molecule has 0 aliphatic heterocycles. The second kappa shape index (κ2) is 6.55. The minimum atomic E-state index is -0.497. The fourth-order valence-corrected chi connectivity index (χ4v) is 2.92. The van der Waals surface area contributed by atoms with Gasteiger partial charge in [-0.3, -0.25) is 4.90 Å². The third-order valence-electron chi connectivity index (χ3n) is 4.17. The van der Waals surface area contributed by atoms with E-state index in [2.05, 4.69) is 14.9 Å². The number of fused-ring (bicyclic) bond motifs is 2. The maximum atomic E-state index is 13.9. The standard InChI is InChI=1S/C19H19FN4O3/c1-23(2)10-11-5-7-14-13(9-11)21-18(26-14)24(3)19-22-16-15(27-19)8-6-12(20)17(16)25-4/h5-9H,10H2,1-4H3. The first-order valence-corrected chi connectivity index (χ1v) is 8.37. The number of anilines is 2. The first-order chi connectivity index (χ1) is 13.0. The molecule has 2 heterocycles. The molecular weight excluding hydrogens is 351 g/mol. The van der Waals surface area contributed by atoms with E-state index in [1.54, 1.807) is 11.9 Å². The highest BCUT2D eigenvalue weighted by Gasteiger charge is 2.21. The molecule has 27 heavy (non-hydrogen) atoms. The van der Waals surface area contributed by atoms with Crippen molar-refractivity contribution in [1.82, 2.24) is 14.9 Å². The molecule has 0 N–H and O–H groups in total. The van der Waals surface area contributed by atoms with Crippen LogP contribution >= 0.6 is 0 Å². The number of hydrogen-bond acceptors (Lipinski definition) is 7. The average Bonchev–Trinajstić information content (AvgIpc) is 3.24. The second-order valence-corrected chi connectivity index (χ2v) is 6.52. The van der Waals surface area contributed by atoms with Crippen molar-refractivity contribution in [2.24, 2.45) is 0 Å². The molecule has 4 aromatic rings. The number of rotatable bonds is 5. The summed E-state index contributed by atoms with van der Waals surface area (Å²) in [5.41, 5.74) is 3.27. The lowest BCUT2D eigenvalue weighted by molar-refractivity contribution is 0.391. The zero-order valence-electron chi connectivity index (χ0n) is 15.5. The molecular formula is C19H19FN4O3. The summed E-state index contributed by atoms with van der Waals surface area (Å²) in [5, 5.41) is 0. The highest BCUT2D eigenvalue weighted by molar-refractivity contribution is 5.82. The lowest BCUT2D eigenvalue weighted by Gasteiger charge is -2.08. The Morgan fingerprint density at radius 3 is 2.44 bits per heavy atom. The van der Waals surface area contributed by atoms with Gasteiger partial charge in [-0.1, -0.05) is 6.07 Å². The molecule has 0 aliphatic rings. The molecule has 8 heteroatoms. The Hall–Kier alpha value is -3.13. The minimum Gasteiger partial charge on any atom is -0.491 e. The van der Waals surface area contributed by atoms with E-state index < -0.39 is 5.82 Å². The molecule has 4 rings (SSSR count). The molecule has 0 saturated heterocycles. The van der Waals surface area contributed by atoms with Crippen molar-refractivity contribution in [1.29, 1.82) is 0 Å². The molecule has 2 aromatic carbocycles. The third-order valence-corrected chi connectivity index (χ3v) is 4.17. The van der Waals surface area contributed by atoms with Crippen LogP contribution in [0.5, 0.6) is 5.75 Å². The number of oxazole rings is 2. The zero-order valence-corrected chi connectivity index (χ0v) is 15.5. The lowest BCUT2D eigenvalue weighted by atomic mass is 10.2. The van der Waals surface area contributed by atoms with Crippen LogP contribution in [0.15, 0.2) is 39.2 Å². The van der Waals surface area contributed by atoms with Gasteiger partial charge in [0, 0.05) is 13.6 Å². The van der Waals surface area contributed by atoms with Crippen LogP contribution in [0, 0.1) is 5.82 Å². The normalized spacial score (nSPS) is 11.6. The summed E-state index contributed by atoms with van der Waals surface area (Å²) in [5.74, 6) is -0.454.